The van der Waals surface area contributed by atoms with Gasteiger partial charge in [-0.3, -0.25) is 38.8 Å². The van der Waals surface area contributed by atoms with Gasteiger partial charge in [-0.25, -0.2) is 0 Å². The van der Waals surface area contributed by atoms with Crippen LogP contribution in [0.25, 0.3) is 0 Å². The van der Waals surface area contributed by atoms with Gasteiger partial charge in [-0.15, -0.1) is 0 Å². The van der Waals surface area contributed by atoms with Crippen molar-refractivity contribution in [2.45, 2.75) is 204 Å². The number of benzene rings is 2. The Balaban J connectivity index is 0.891. The van der Waals surface area contributed by atoms with Crippen LogP contribution in [0.5, 0.6) is 5.75 Å². The number of hydrogen-bond acceptors (Lipinski definition) is 31. The highest BCUT2D eigenvalue weighted by Gasteiger charge is 2.55. The molecular formula is C61H88N12O25. The van der Waals surface area contributed by atoms with Crippen LogP contribution < -0.4 is 53.4 Å². The van der Waals surface area contributed by atoms with E-state index in [9.17, 15) is 80.5 Å². The van der Waals surface area contributed by atoms with E-state index in [1.54, 1.807) is 0 Å². The minimum atomic E-state index is -2.32. The Kier molecular flexibility index (Phi) is 24.7. The molecule has 7 aliphatic heterocycles. The van der Waals surface area contributed by atoms with Crippen LogP contribution in [-0.2, 0) is 70.0 Å². The van der Waals surface area contributed by atoms with Crippen molar-refractivity contribution in [2.75, 3.05) is 46.1 Å². The van der Waals surface area contributed by atoms with E-state index >= 15 is 9.59 Å². The summed E-state index contributed by atoms with van der Waals surface area (Å²) in [5.74, 6) is -7.77. The van der Waals surface area contributed by atoms with Gasteiger partial charge in [0.2, 0.25) is 41.7 Å². The molecule has 542 valence electrons. The zero-order valence-corrected chi connectivity index (χ0v) is 53.0. The average molecular weight is 1390 g/mol. The summed E-state index contributed by atoms with van der Waals surface area (Å²) in [5.41, 5.74) is 13.3. The molecule has 25 atom stereocenters. The molecule has 7 heterocycles. The van der Waals surface area contributed by atoms with Crippen molar-refractivity contribution in [3.05, 3.63) is 65.7 Å². The minimum absolute atomic E-state index is 0.0238. The molecule has 5 saturated heterocycles. The van der Waals surface area contributed by atoms with E-state index < -0.39 is 234 Å². The van der Waals surface area contributed by atoms with Crippen molar-refractivity contribution < 1.29 is 123 Å². The summed E-state index contributed by atoms with van der Waals surface area (Å²) in [5, 5.41) is 150. The van der Waals surface area contributed by atoms with Crippen LogP contribution in [-0.4, -0.2) is 312 Å². The van der Waals surface area contributed by atoms with Gasteiger partial charge in [0.05, 0.1) is 58.1 Å². The predicted octanol–water partition coefficient (Wildman–Crippen LogP) is -10.8. The fourth-order valence-corrected chi connectivity index (χ4v) is 13.3. The first-order chi connectivity index (χ1) is 46.9. The minimum Gasteiger partial charge on any atom is -0.462 e. The number of aliphatic hydroxyl groups excluding tert-OH is 12. The molecule has 37 nitrogen and oxygen atoms in total. The number of ether oxygens (including phenoxy) is 7. The highest BCUT2D eigenvalue weighted by atomic mass is 16.8. The third-order valence-electron chi connectivity index (χ3n) is 18.8. The van der Waals surface area contributed by atoms with E-state index in [1.807, 2.05) is 30.3 Å². The van der Waals surface area contributed by atoms with Crippen molar-refractivity contribution in [1.82, 2.24) is 42.1 Å². The highest BCUT2D eigenvalue weighted by molar-refractivity contribution is 5.98. The summed E-state index contributed by atoms with van der Waals surface area (Å²) >= 11 is 0. The van der Waals surface area contributed by atoms with Gasteiger partial charge in [-0.2, -0.15) is 0 Å². The molecule has 8 aliphatic rings. The van der Waals surface area contributed by atoms with Crippen LogP contribution >= 0.6 is 0 Å². The van der Waals surface area contributed by atoms with Gasteiger partial charge in [0, 0.05) is 12.8 Å². The van der Waals surface area contributed by atoms with E-state index in [1.165, 1.54) is 24.3 Å². The van der Waals surface area contributed by atoms with Gasteiger partial charge in [-0.1, -0.05) is 74.6 Å². The number of carbonyl (C=O) groups is 6. The van der Waals surface area contributed by atoms with Gasteiger partial charge in [-0.05, 0) is 35.6 Å². The van der Waals surface area contributed by atoms with Gasteiger partial charge in [0.15, 0.2) is 30.7 Å². The fourth-order valence-electron chi connectivity index (χ4n) is 13.3. The van der Waals surface area contributed by atoms with Crippen molar-refractivity contribution in [3.8, 4) is 5.75 Å². The second kappa shape index (κ2) is 32.9. The number of nitrogens with zero attached hydrogens (tertiary/aromatic N) is 3. The van der Waals surface area contributed by atoms with E-state index in [0.717, 1.165) is 29.7 Å². The molecule has 37 heteroatoms. The highest BCUT2D eigenvalue weighted by Crippen LogP contribution is 2.35. The van der Waals surface area contributed by atoms with Crippen LogP contribution in [0.1, 0.15) is 49.7 Å². The largest absolute Gasteiger partial charge is 0.462 e. The lowest BCUT2D eigenvalue weighted by Crippen LogP contribution is -2.70. The van der Waals surface area contributed by atoms with Gasteiger partial charge in [0.25, 0.3) is 0 Å². The lowest BCUT2D eigenvalue weighted by atomic mass is 9.84. The third-order valence-corrected chi connectivity index (χ3v) is 18.8. The molecule has 23 N–H and O–H groups in total. The maximum absolute atomic E-state index is 15.1. The van der Waals surface area contributed by atoms with Gasteiger partial charge in [0.1, 0.15) is 121 Å². The maximum atomic E-state index is 15.1. The smallest absolute Gasteiger partial charge is 0.246 e. The molecule has 2 unspecified atom stereocenters. The van der Waals surface area contributed by atoms with E-state index in [4.69, 9.17) is 44.6 Å². The molecule has 0 radical (unpaired) electrons. The second-order valence-electron chi connectivity index (χ2n) is 25.6. The quantitative estimate of drug-likeness (QED) is 0.0659. The number of nitrogens with one attached hydrogen (secondary N) is 7. The van der Waals surface area contributed by atoms with Crippen LogP contribution in [0.15, 0.2) is 64.6 Å². The first kappa shape index (κ1) is 73.6. The molecule has 1 saturated carbocycles. The zero-order chi connectivity index (χ0) is 70.2. The van der Waals surface area contributed by atoms with Crippen molar-refractivity contribution in [3.63, 3.8) is 0 Å². The number of nitrogens with two attached hydrogens (primary N) is 2. The molecule has 2 aromatic rings. The zero-order valence-electron chi connectivity index (χ0n) is 53.0. The Morgan fingerprint density at radius 1 is 0.582 bits per heavy atom. The standard InChI is InChI=1S/C61H88N12O25/c62-60-65-18-31(70-60)41(78)39-56(91)72-40(42(79)33-19-66-61(63)73(33)57-47(84)44(81)43(80)34(22-75)94-57)55(90)69-32(21-74)52(87)64-20-37(77)67-29(15-25-7-3-1-4-8-25)53(88)68-30(54(89)71-39)16-27-11-13-28(14-12-27)93-58-48(85)45(82)50(35(23-76)95-58)98-59-49(86)46(83)51-36(96-59)24-92-38(97-51)17-26-9-5-2-6-10-26/h2,5-6,9-14,25,29-36,38-51,57-59,74-76,78-86H,1,3-4,7-8,15-24H2,(H2,63,66)(H,64,87)(H,67,77)(H,68,88)(H,69,90)(H,71,89)(H,72,91)(H3,62,65,70)/t29?,30-,31+,32+,33+,34-,35-,36-,38?,39+,40-,41+,42+,43-,44+,45-,46-,47+,48+,49+,50-,51-,57+,58+,59-/m1/s1. The predicted molar refractivity (Wildman–Crippen MR) is 331 cm³/mol. The maximum Gasteiger partial charge on any atom is 0.246 e. The Morgan fingerprint density at radius 2 is 1.23 bits per heavy atom. The molecule has 10 rings (SSSR count). The molecule has 98 heavy (non-hydrogen) atoms. The number of amides is 6. The number of aliphatic hydroxyl groups is 12. The second-order valence-corrected chi connectivity index (χ2v) is 25.6. The molecular weight excluding hydrogens is 1300 g/mol. The number of rotatable bonds is 18. The monoisotopic (exact) mass is 1390 g/mol. The van der Waals surface area contributed by atoms with Crippen molar-refractivity contribution >= 4 is 47.4 Å². The summed E-state index contributed by atoms with van der Waals surface area (Å²) in [6.07, 6.45) is -25.8. The Labute approximate surface area is 560 Å². The molecule has 0 bridgehead atoms. The first-order valence-electron chi connectivity index (χ1n) is 32.5. The van der Waals surface area contributed by atoms with Crippen molar-refractivity contribution in [1.29, 1.82) is 0 Å². The van der Waals surface area contributed by atoms with Crippen LogP contribution in [0.4, 0.5) is 0 Å². The number of fused-ring (bicyclic) bond motifs is 1. The Morgan fingerprint density at radius 3 is 1.92 bits per heavy atom. The molecule has 2 aromatic carbocycles. The Hall–Kier alpha value is -7.12. The number of guanidine groups is 2. The lowest BCUT2D eigenvalue weighted by molar-refractivity contribution is -0.381. The normalized spacial score (nSPS) is 38.0. The Bertz CT molecular complexity index is 3120. The van der Waals surface area contributed by atoms with Crippen LogP contribution in [0.2, 0.25) is 0 Å². The number of carbonyl (C=O) groups excluding carboxylic acids is 6. The van der Waals surface area contributed by atoms with E-state index in [2.05, 4.69) is 47.2 Å². The van der Waals surface area contributed by atoms with Crippen molar-refractivity contribution in [2.24, 2.45) is 27.4 Å². The summed E-state index contributed by atoms with van der Waals surface area (Å²) in [6.45, 7) is -4.59. The van der Waals surface area contributed by atoms with Crippen LogP contribution in [0.3, 0.4) is 0 Å². The summed E-state index contributed by atoms with van der Waals surface area (Å²) < 4.78 is 41.3. The summed E-state index contributed by atoms with van der Waals surface area (Å²) in [7, 11) is 0. The molecule has 6 fully saturated rings. The number of hydrogen-bond donors (Lipinski definition) is 21. The topological polar surface area (TPSA) is 574 Å². The first-order valence-corrected chi connectivity index (χ1v) is 32.5. The van der Waals surface area contributed by atoms with E-state index in [0.29, 0.717) is 19.3 Å². The average Bonchev–Trinajstić information content (AvgIpc) is 1.07. The number of aliphatic imine (C=N–C) groups is 2. The molecule has 1 aliphatic carbocycles. The SMILES string of the molecule is NC1=NC[C@@H]([C@H](O)[C@@H]2NC(=O)[C@@H](Cc3ccc(O[C@H]4O[C@H](CO)[C@@H](O[C@H]5O[C@@H]6COC(Cc7ccccc7)O[C@H]6[C@H](O)[C@@H]5O)[C@H](O)[C@@H]4O)cc3)NC(=O)C(CC3CCCCC3)NC(=O)CNC(=O)[C@H](CO)NC(=O)[C@@H]([C@@H](O)[C@@H]3CN=C(N)N3[C@H]3O[C@H](CO)[C@@H](O)[C@H](O)[C@@H]3O)NC2=O)N1. The fraction of sp³-hybridized carbons (Fsp3) is 0.672. The molecule has 6 amide bonds. The van der Waals surface area contributed by atoms with Crippen LogP contribution in [0, 0.1) is 5.92 Å². The van der Waals surface area contributed by atoms with E-state index in [-0.39, 0.29) is 42.8 Å². The van der Waals surface area contributed by atoms with Gasteiger partial charge < -0.3 is 148 Å². The molecule has 0 spiro atoms. The summed E-state index contributed by atoms with van der Waals surface area (Å²) in [4.78, 5) is 96.2. The third kappa shape index (κ3) is 17.0. The molecule has 0 aromatic heterocycles. The summed E-state index contributed by atoms with van der Waals surface area (Å²) in [6, 6.07) is 2.46. The van der Waals surface area contributed by atoms with Gasteiger partial charge >= 0.3 is 0 Å². The lowest BCUT2D eigenvalue weighted by Gasteiger charge is -2.48.